The number of likely N-dealkylation sites (tertiary alicyclic amines) is 1. The molecule has 1 saturated heterocycles. The molecular formula is C21H28NO2+. The lowest BCUT2D eigenvalue weighted by Gasteiger charge is -2.28. The van der Waals surface area contributed by atoms with E-state index in [-0.39, 0.29) is 0 Å². The molecule has 0 radical (unpaired) electrons. The van der Waals surface area contributed by atoms with Crippen molar-refractivity contribution in [3.63, 3.8) is 0 Å². The smallest absolute Gasteiger partial charge is 0.137 e. The largest absolute Gasteiger partial charge is 0.491 e. The fourth-order valence-corrected chi connectivity index (χ4v) is 3.33. The van der Waals surface area contributed by atoms with E-state index in [1.54, 1.807) is 0 Å². The van der Waals surface area contributed by atoms with Crippen LogP contribution in [0.1, 0.15) is 19.8 Å². The van der Waals surface area contributed by atoms with Gasteiger partial charge in [0, 0.05) is 0 Å². The van der Waals surface area contributed by atoms with Crippen molar-refractivity contribution >= 4 is 0 Å². The van der Waals surface area contributed by atoms with E-state index in [4.69, 9.17) is 4.74 Å². The van der Waals surface area contributed by atoms with Crippen molar-refractivity contribution in [1.82, 2.24) is 0 Å². The maximum Gasteiger partial charge on any atom is 0.137 e. The van der Waals surface area contributed by atoms with Crippen molar-refractivity contribution in [2.24, 2.45) is 5.92 Å². The van der Waals surface area contributed by atoms with Gasteiger partial charge in [-0.25, -0.2) is 0 Å². The molecule has 1 fully saturated rings. The molecule has 2 N–H and O–H groups in total. The lowest BCUT2D eigenvalue weighted by Crippen LogP contribution is -3.14. The first-order chi connectivity index (χ1) is 11.7. The van der Waals surface area contributed by atoms with Gasteiger partial charge in [0.25, 0.3) is 0 Å². The quantitative estimate of drug-likeness (QED) is 0.855. The first-order valence-electron chi connectivity index (χ1n) is 9.00. The SMILES string of the molecule is CC1CC[NH+](C[C@H](O)COc2ccc(-c3ccccc3)cc2)CC1. The van der Waals surface area contributed by atoms with Gasteiger partial charge in [-0.2, -0.15) is 0 Å². The Morgan fingerprint density at radius 1 is 1.00 bits per heavy atom. The van der Waals surface area contributed by atoms with E-state index >= 15 is 0 Å². The van der Waals surface area contributed by atoms with Crippen LogP contribution in [0.15, 0.2) is 54.6 Å². The van der Waals surface area contributed by atoms with Crippen LogP contribution in [0.2, 0.25) is 0 Å². The molecule has 1 heterocycles. The zero-order valence-electron chi connectivity index (χ0n) is 14.4. The lowest BCUT2D eigenvalue weighted by atomic mass is 9.99. The Kier molecular flexibility index (Phi) is 5.89. The monoisotopic (exact) mass is 326 g/mol. The third-order valence-corrected chi connectivity index (χ3v) is 4.91. The molecule has 3 heteroatoms. The third-order valence-electron chi connectivity index (χ3n) is 4.91. The summed E-state index contributed by atoms with van der Waals surface area (Å²) >= 11 is 0. The molecule has 128 valence electrons. The van der Waals surface area contributed by atoms with Gasteiger partial charge in [0.2, 0.25) is 0 Å². The van der Waals surface area contributed by atoms with Crippen LogP contribution >= 0.6 is 0 Å². The normalized spacial score (nSPS) is 22.1. The standard InChI is InChI=1S/C21H27NO2/c1-17-11-13-22(14-12-17)15-20(23)16-24-21-9-7-19(8-10-21)18-5-3-2-4-6-18/h2-10,17,20,23H,11-16H2,1H3/p+1/t20-/m0/s1. The van der Waals surface area contributed by atoms with Crippen LogP contribution in [0.4, 0.5) is 0 Å². The summed E-state index contributed by atoms with van der Waals surface area (Å²) in [6.45, 7) is 5.81. The zero-order chi connectivity index (χ0) is 16.8. The molecule has 2 aromatic carbocycles. The predicted molar refractivity (Wildman–Crippen MR) is 97.3 cm³/mol. The average Bonchev–Trinajstić information content (AvgIpc) is 2.63. The summed E-state index contributed by atoms with van der Waals surface area (Å²) < 4.78 is 5.76. The number of quaternary nitrogens is 1. The average molecular weight is 326 g/mol. The van der Waals surface area contributed by atoms with Crippen molar-refractivity contribution in [3.05, 3.63) is 54.6 Å². The van der Waals surface area contributed by atoms with Crippen LogP contribution in [0.5, 0.6) is 5.75 Å². The molecule has 0 spiro atoms. The van der Waals surface area contributed by atoms with Gasteiger partial charge in [-0.15, -0.1) is 0 Å². The molecule has 3 nitrogen and oxygen atoms in total. The Balaban J connectivity index is 1.46. The molecule has 0 aromatic heterocycles. The Bertz CT molecular complexity index is 603. The minimum Gasteiger partial charge on any atom is -0.491 e. The Hall–Kier alpha value is -1.84. The Morgan fingerprint density at radius 2 is 1.62 bits per heavy atom. The van der Waals surface area contributed by atoms with Gasteiger partial charge in [-0.05, 0) is 42.0 Å². The predicted octanol–water partition coefficient (Wildman–Crippen LogP) is 2.41. The molecule has 0 aliphatic carbocycles. The van der Waals surface area contributed by atoms with E-state index in [0.717, 1.165) is 18.2 Å². The highest BCUT2D eigenvalue weighted by molar-refractivity contribution is 5.63. The van der Waals surface area contributed by atoms with Crippen LogP contribution in [-0.4, -0.2) is 37.5 Å². The Morgan fingerprint density at radius 3 is 2.29 bits per heavy atom. The van der Waals surface area contributed by atoms with Gasteiger partial charge in [-0.3, -0.25) is 0 Å². The zero-order valence-corrected chi connectivity index (χ0v) is 14.4. The minimum absolute atomic E-state index is 0.365. The van der Waals surface area contributed by atoms with Crippen LogP contribution in [0.25, 0.3) is 11.1 Å². The highest BCUT2D eigenvalue weighted by Crippen LogP contribution is 2.22. The molecule has 1 aliphatic rings. The second-order valence-electron chi connectivity index (χ2n) is 6.99. The summed E-state index contributed by atoms with van der Waals surface area (Å²) in [5.41, 5.74) is 2.38. The number of piperidine rings is 1. The van der Waals surface area contributed by atoms with Gasteiger partial charge in [0.15, 0.2) is 0 Å². The summed E-state index contributed by atoms with van der Waals surface area (Å²) in [6.07, 6.45) is 2.13. The molecule has 1 aliphatic heterocycles. The number of rotatable bonds is 6. The molecule has 0 amide bonds. The maximum absolute atomic E-state index is 10.2. The van der Waals surface area contributed by atoms with Crippen LogP contribution in [0, 0.1) is 5.92 Å². The van der Waals surface area contributed by atoms with Gasteiger partial charge in [0.1, 0.15) is 25.0 Å². The van der Waals surface area contributed by atoms with Crippen LogP contribution < -0.4 is 9.64 Å². The number of ether oxygens (including phenoxy) is 1. The summed E-state index contributed by atoms with van der Waals surface area (Å²) in [5.74, 6) is 1.65. The summed E-state index contributed by atoms with van der Waals surface area (Å²) in [7, 11) is 0. The maximum atomic E-state index is 10.2. The van der Waals surface area contributed by atoms with E-state index in [1.807, 2.05) is 30.3 Å². The van der Waals surface area contributed by atoms with E-state index < -0.39 is 6.10 Å². The Labute approximate surface area is 144 Å². The van der Waals surface area contributed by atoms with Crippen molar-refractivity contribution in [1.29, 1.82) is 0 Å². The van der Waals surface area contributed by atoms with Crippen LogP contribution in [-0.2, 0) is 0 Å². The topological polar surface area (TPSA) is 33.9 Å². The van der Waals surface area contributed by atoms with E-state index in [1.165, 1.54) is 42.0 Å². The second-order valence-corrected chi connectivity index (χ2v) is 6.99. The van der Waals surface area contributed by atoms with Crippen molar-refractivity contribution in [2.45, 2.75) is 25.9 Å². The minimum atomic E-state index is -0.401. The summed E-state index contributed by atoms with van der Waals surface area (Å²) in [5, 5.41) is 10.2. The number of hydrogen-bond acceptors (Lipinski definition) is 2. The first kappa shape index (κ1) is 17.0. The van der Waals surface area contributed by atoms with Crippen molar-refractivity contribution < 1.29 is 14.7 Å². The summed E-state index contributed by atoms with van der Waals surface area (Å²) in [4.78, 5) is 1.50. The lowest BCUT2D eigenvalue weighted by molar-refractivity contribution is -0.909. The second kappa shape index (κ2) is 8.32. The molecular weight excluding hydrogens is 298 g/mol. The first-order valence-corrected chi connectivity index (χ1v) is 9.00. The molecule has 0 saturated carbocycles. The van der Waals surface area contributed by atoms with Gasteiger partial charge in [0.05, 0.1) is 13.1 Å². The van der Waals surface area contributed by atoms with Gasteiger partial charge < -0.3 is 14.7 Å². The fourth-order valence-electron chi connectivity index (χ4n) is 3.33. The number of aliphatic hydroxyl groups is 1. The van der Waals surface area contributed by atoms with Gasteiger partial charge in [-0.1, -0.05) is 49.4 Å². The number of aliphatic hydroxyl groups excluding tert-OH is 1. The number of benzene rings is 2. The number of hydrogen-bond donors (Lipinski definition) is 2. The summed E-state index contributed by atoms with van der Waals surface area (Å²) in [6, 6.07) is 18.4. The van der Waals surface area contributed by atoms with E-state index in [9.17, 15) is 5.11 Å². The molecule has 0 unspecified atom stereocenters. The van der Waals surface area contributed by atoms with Crippen molar-refractivity contribution in [2.75, 3.05) is 26.2 Å². The third kappa shape index (κ3) is 4.83. The number of nitrogens with one attached hydrogen (secondary N) is 1. The van der Waals surface area contributed by atoms with Crippen LogP contribution in [0.3, 0.4) is 0 Å². The van der Waals surface area contributed by atoms with Gasteiger partial charge >= 0.3 is 0 Å². The molecule has 1 atom stereocenters. The fraction of sp³-hybridized carbons (Fsp3) is 0.429. The van der Waals surface area contributed by atoms with E-state index in [0.29, 0.717) is 6.61 Å². The molecule has 2 aromatic rings. The molecule has 24 heavy (non-hydrogen) atoms. The highest BCUT2D eigenvalue weighted by atomic mass is 16.5. The molecule has 3 rings (SSSR count). The van der Waals surface area contributed by atoms with E-state index in [2.05, 4.69) is 31.2 Å². The highest BCUT2D eigenvalue weighted by Gasteiger charge is 2.21. The molecule has 0 bridgehead atoms. The van der Waals surface area contributed by atoms with Crippen molar-refractivity contribution in [3.8, 4) is 16.9 Å².